The third kappa shape index (κ3) is 5.56. The molecule has 0 fully saturated rings. The summed E-state index contributed by atoms with van der Waals surface area (Å²) in [5.41, 5.74) is 0.920. The number of amides is 1. The minimum Gasteiger partial charge on any atom is -0.487 e. The zero-order valence-corrected chi connectivity index (χ0v) is 15.9. The summed E-state index contributed by atoms with van der Waals surface area (Å²) in [7, 11) is 0. The van der Waals surface area contributed by atoms with Crippen LogP contribution in [-0.2, 0) is 11.4 Å². The molecule has 0 radical (unpaired) electrons. The zero-order chi connectivity index (χ0) is 19.1. The second-order valence-corrected chi connectivity index (χ2v) is 6.59. The molecule has 0 aliphatic rings. The Bertz CT molecular complexity index is 918. The van der Waals surface area contributed by atoms with Crippen molar-refractivity contribution in [2.24, 2.45) is 0 Å². The lowest BCUT2D eigenvalue weighted by Gasteiger charge is -2.13. The van der Waals surface area contributed by atoms with Gasteiger partial charge in [0.1, 0.15) is 23.9 Å². The van der Waals surface area contributed by atoms with E-state index >= 15 is 0 Å². The van der Waals surface area contributed by atoms with Gasteiger partial charge in [0.15, 0.2) is 6.61 Å². The van der Waals surface area contributed by atoms with Crippen molar-refractivity contribution >= 4 is 27.5 Å². The Labute approximate surface area is 165 Å². The number of rotatable bonds is 7. The minimum atomic E-state index is -0.359. The largest absolute Gasteiger partial charge is 0.487 e. The van der Waals surface area contributed by atoms with Crippen molar-refractivity contribution < 1.29 is 18.7 Å². The maximum atomic E-state index is 13.9. The molecule has 0 heterocycles. The van der Waals surface area contributed by atoms with Gasteiger partial charge in [-0.25, -0.2) is 4.39 Å². The highest BCUT2D eigenvalue weighted by Gasteiger charge is 2.10. The summed E-state index contributed by atoms with van der Waals surface area (Å²) in [4.78, 5) is 12.1. The first-order chi connectivity index (χ1) is 13.1. The summed E-state index contributed by atoms with van der Waals surface area (Å²) in [6.45, 7) is -0.0772. The summed E-state index contributed by atoms with van der Waals surface area (Å²) in [6.07, 6.45) is 0. The van der Waals surface area contributed by atoms with E-state index in [2.05, 4.69) is 21.2 Å². The fourth-order valence-electron chi connectivity index (χ4n) is 2.34. The third-order valence-electron chi connectivity index (χ3n) is 3.67. The molecule has 0 bridgehead atoms. The minimum absolute atomic E-state index is 0.0481. The number of carbonyl (C=O) groups excluding carboxylic acids is 1. The van der Waals surface area contributed by atoms with Gasteiger partial charge in [-0.15, -0.1) is 0 Å². The zero-order valence-electron chi connectivity index (χ0n) is 14.3. The van der Waals surface area contributed by atoms with Gasteiger partial charge in [0, 0.05) is 10.0 Å². The van der Waals surface area contributed by atoms with Gasteiger partial charge in [-0.2, -0.15) is 0 Å². The fourth-order valence-corrected chi connectivity index (χ4v) is 2.68. The van der Waals surface area contributed by atoms with Gasteiger partial charge in [-0.3, -0.25) is 4.79 Å². The first kappa shape index (κ1) is 18.9. The molecule has 1 N–H and O–H groups in total. The van der Waals surface area contributed by atoms with Crippen LogP contribution in [0.4, 0.5) is 10.1 Å². The van der Waals surface area contributed by atoms with Gasteiger partial charge in [-0.1, -0.05) is 52.3 Å². The predicted octanol–water partition coefficient (Wildman–Crippen LogP) is 5.18. The molecule has 3 aromatic rings. The second-order valence-electron chi connectivity index (χ2n) is 5.67. The van der Waals surface area contributed by atoms with Crippen molar-refractivity contribution in [1.29, 1.82) is 0 Å². The van der Waals surface area contributed by atoms with Crippen LogP contribution in [0.3, 0.4) is 0 Å². The second kappa shape index (κ2) is 9.19. The third-order valence-corrected chi connectivity index (χ3v) is 4.17. The van der Waals surface area contributed by atoms with Crippen molar-refractivity contribution in [2.75, 3.05) is 11.9 Å². The highest BCUT2D eigenvalue weighted by Crippen LogP contribution is 2.25. The number of nitrogens with one attached hydrogen (secondary N) is 1. The Hall–Kier alpha value is -2.86. The molecule has 0 saturated carbocycles. The molecule has 0 atom stereocenters. The standard InChI is InChI=1S/C21H17BrFNO3/c22-16-11-10-15(18(23)12-16)13-27-20-9-5-4-8-19(20)24-21(25)14-26-17-6-2-1-3-7-17/h1-12H,13-14H2,(H,24,25). The van der Waals surface area contributed by atoms with E-state index in [-0.39, 0.29) is 24.9 Å². The molecule has 6 heteroatoms. The SMILES string of the molecule is O=C(COc1ccccc1)Nc1ccccc1OCc1ccc(Br)cc1F. The van der Waals surface area contributed by atoms with Crippen molar-refractivity contribution in [3.63, 3.8) is 0 Å². The van der Waals surface area contributed by atoms with Gasteiger partial charge in [-0.05, 0) is 36.4 Å². The Kier molecular flexibility index (Phi) is 6.44. The van der Waals surface area contributed by atoms with Gasteiger partial charge < -0.3 is 14.8 Å². The van der Waals surface area contributed by atoms with Crippen molar-refractivity contribution in [2.45, 2.75) is 6.61 Å². The molecule has 3 aromatic carbocycles. The first-order valence-corrected chi connectivity index (χ1v) is 9.04. The number of benzene rings is 3. The van der Waals surface area contributed by atoms with E-state index in [1.165, 1.54) is 6.07 Å². The highest BCUT2D eigenvalue weighted by molar-refractivity contribution is 9.10. The van der Waals surface area contributed by atoms with Gasteiger partial charge >= 0.3 is 0 Å². The molecule has 4 nitrogen and oxygen atoms in total. The molecule has 0 saturated heterocycles. The topological polar surface area (TPSA) is 47.6 Å². The van der Waals surface area contributed by atoms with E-state index in [1.807, 2.05) is 18.2 Å². The molecule has 0 aliphatic carbocycles. The summed E-state index contributed by atoms with van der Waals surface area (Å²) < 4.78 is 25.7. The number of para-hydroxylation sites is 3. The Balaban J connectivity index is 1.60. The van der Waals surface area contributed by atoms with Crippen LogP contribution in [-0.4, -0.2) is 12.5 Å². The van der Waals surface area contributed by atoms with E-state index < -0.39 is 0 Å². The molecule has 0 aromatic heterocycles. The molecule has 0 aliphatic heterocycles. The van der Waals surface area contributed by atoms with Crippen LogP contribution in [0.15, 0.2) is 77.3 Å². The summed E-state index contributed by atoms with van der Waals surface area (Å²) in [5.74, 6) is 0.391. The number of halogens is 2. The van der Waals surface area contributed by atoms with Crippen molar-refractivity contribution in [3.8, 4) is 11.5 Å². The molecule has 27 heavy (non-hydrogen) atoms. The van der Waals surface area contributed by atoms with Crippen molar-refractivity contribution in [3.05, 3.63) is 88.6 Å². The average molecular weight is 430 g/mol. The predicted molar refractivity (Wildman–Crippen MR) is 105 cm³/mol. The highest BCUT2D eigenvalue weighted by atomic mass is 79.9. The van der Waals surface area contributed by atoms with Crippen LogP contribution in [0.1, 0.15) is 5.56 Å². The molecule has 0 spiro atoms. The number of hydrogen-bond donors (Lipinski definition) is 1. The maximum absolute atomic E-state index is 13.9. The molecule has 1 amide bonds. The Morgan fingerprint density at radius 1 is 0.963 bits per heavy atom. The lowest BCUT2D eigenvalue weighted by molar-refractivity contribution is -0.118. The lowest BCUT2D eigenvalue weighted by Crippen LogP contribution is -2.20. The first-order valence-electron chi connectivity index (χ1n) is 8.25. The van der Waals surface area contributed by atoms with Crippen LogP contribution in [0, 0.1) is 5.82 Å². The van der Waals surface area contributed by atoms with E-state index in [4.69, 9.17) is 9.47 Å². The summed E-state index contributed by atoms with van der Waals surface area (Å²) >= 11 is 3.22. The van der Waals surface area contributed by atoms with Crippen LogP contribution in [0.5, 0.6) is 11.5 Å². The molecule has 0 unspecified atom stereocenters. The molecule has 138 valence electrons. The van der Waals surface area contributed by atoms with Gasteiger partial charge in [0.25, 0.3) is 5.91 Å². The number of ether oxygens (including phenoxy) is 2. The normalized spacial score (nSPS) is 10.3. The Morgan fingerprint density at radius 2 is 1.70 bits per heavy atom. The van der Waals surface area contributed by atoms with E-state index in [1.54, 1.807) is 48.5 Å². The van der Waals surface area contributed by atoms with Crippen molar-refractivity contribution in [1.82, 2.24) is 0 Å². The van der Waals surface area contributed by atoms with E-state index in [9.17, 15) is 9.18 Å². The maximum Gasteiger partial charge on any atom is 0.262 e. The van der Waals surface area contributed by atoms with Crippen LogP contribution < -0.4 is 14.8 Å². The number of hydrogen-bond acceptors (Lipinski definition) is 3. The summed E-state index contributed by atoms with van der Waals surface area (Å²) in [6, 6.07) is 20.8. The van der Waals surface area contributed by atoms with E-state index in [0.29, 0.717) is 27.2 Å². The smallest absolute Gasteiger partial charge is 0.262 e. The number of anilines is 1. The molecular formula is C21H17BrFNO3. The van der Waals surface area contributed by atoms with Crippen LogP contribution >= 0.6 is 15.9 Å². The van der Waals surface area contributed by atoms with Gasteiger partial charge in [0.05, 0.1) is 5.69 Å². The van der Waals surface area contributed by atoms with E-state index in [0.717, 1.165) is 0 Å². The monoisotopic (exact) mass is 429 g/mol. The molecule has 3 rings (SSSR count). The fraction of sp³-hybridized carbons (Fsp3) is 0.0952. The lowest BCUT2D eigenvalue weighted by atomic mass is 10.2. The summed E-state index contributed by atoms with van der Waals surface area (Å²) in [5, 5.41) is 2.75. The average Bonchev–Trinajstić information content (AvgIpc) is 2.68. The molecular weight excluding hydrogens is 413 g/mol. The Morgan fingerprint density at radius 3 is 2.48 bits per heavy atom. The number of carbonyl (C=O) groups is 1. The van der Waals surface area contributed by atoms with Crippen LogP contribution in [0.2, 0.25) is 0 Å². The quantitative estimate of drug-likeness (QED) is 0.562. The van der Waals surface area contributed by atoms with Gasteiger partial charge in [0.2, 0.25) is 0 Å². The van der Waals surface area contributed by atoms with Crippen LogP contribution in [0.25, 0.3) is 0 Å².